The van der Waals surface area contributed by atoms with Gasteiger partial charge in [-0.3, -0.25) is 4.90 Å². The maximum atomic E-state index is 10.6. The molecule has 0 amide bonds. The number of nitrogens with zero attached hydrogens (tertiary/aromatic N) is 1. The number of benzene rings is 3. The number of carboxylic acid groups (broad SMARTS) is 1. The molecule has 0 bridgehead atoms. The number of likely N-dealkylation sites (tertiary alicyclic amines) is 1. The Labute approximate surface area is 240 Å². The van der Waals surface area contributed by atoms with Gasteiger partial charge in [-0.2, -0.15) is 13.2 Å². The zero-order valence-corrected chi connectivity index (χ0v) is 23.4. The number of aliphatic carboxylic acids is 1. The Morgan fingerprint density at radius 1 is 0.707 bits per heavy atom. The first-order valence-electron chi connectivity index (χ1n) is 14.5. The standard InChI is InChI=1S/C31H39N3.C2HF3O2/c1-2-6-27(7-3-1)24-34-20-18-31(19-21-34)33-23-26-12-16-29(17-13-26)28-14-10-25(11-15-28)22-32-30-8-4-5-9-30;3-2(4,5)1(6)7/h1-3,6-7,10-17,30-33H,4-5,8-9,18-24H2;(H,6,7). The second-order valence-electron chi connectivity index (χ2n) is 11.0. The molecule has 3 aromatic carbocycles. The van der Waals surface area contributed by atoms with E-state index in [0.29, 0.717) is 6.04 Å². The molecule has 0 unspecified atom stereocenters. The van der Waals surface area contributed by atoms with Gasteiger partial charge in [-0.15, -0.1) is 0 Å². The van der Waals surface area contributed by atoms with Crippen LogP contribution < -0.4 is 10.6 Å². The topological polar surface area (TPSA) is 64.6 Å². The predicted octanol–water partition coefficient (Wildman–Crippen LogP) is 6.77. The molecule has 2 aliphatic rings. The Kier molecular flexibility index (Phi) is 11.4. The average molecular weight is 568 g/mol. The Morgan fingerprint density at radius 2 is 1.15 bits per heavy atom. The van der Waals surface area contributed by atoms with Crippen molar-refractivity contribution in [1.82, 2.24) is 15.5 Å². The van der Waals surface area contributed by atoms with Crippen LogP contribution in [0.25, 0.3) is 11.1 Å². The third-order valence-electron chi connectivity index (χ3n) is 7.87. The summed E-state index contributed by atoms with van der Waals surface area (Å²) >= 11 is 0. The predicted molar refractivity (Wildman–Crippen MR) is 156 cm³/mol. The molecule has 3 aromatic rings. The molecule has 2 fully saturated rings. The maximum Gasteiger partial charge on any atom is 0.490 e. The van der Waals surface area contributed by atoms with Crippen molar-refractivity contribution in [3.63, 3.8) is 0 Å². The summed E-state index contributed by atoms with van der Waals surface area (Å²) < 4.78 is 31.7. The van der Waals surface area contributed by atoms with Crippen LogP contribution in [0.15, 0.2) is 78.9 Å². The van der Waals surface area contributed by atoms with Crippen molar-refractivity contribution in [3.05, 3.63) is 95.6 Å². The van der Waals surface area contributed by atoms with Crippen molar-refractivity contribution in [2.75, 3.05) is 13.1 Å². The summed E-state index contributed by atoms with van der Waals surface area (Å²) in [7, 11) is 0. The fourth-order valence-electron chi connectivity index (χ4n) is 5.42. The van der Waals surface area contributed by atoms with Crippen molar-refractivity contribution in [3.8, 4) is 11.1 Å². The lowest BCUT2D eigenvalue weighted by Crippen LogP contribution is -2.41. The zero-order valence-electron chi connectivity index (χ0n) is 23.4. The molecule has 1 aliphatic heterocycles. The van der Waals surface area contributed by atoms with Crippen LogP contribution in [0.2, 0.25) is 0 Å². The molecule has 1 saturated carbocycles. The Balaban J connectivity index is 0.000000493. The lowest BCUT2D eigenvalue weighted by Gasteiger charge is -2.32. The van der Waals surface area contributed by atoms with E-state index in [2.05, 4.69) is 94.4 Å². The molecule has 1 heterocycles. The molecule has 8 heteroatoms. The van der Waals surface area contributed by atoms with Crippen molar-refractivity contribution in [2.45, 2.75) is 76.4 Å². The highest BCUT2D eigenvalue weighted by molar-refractivity contribution is 5.73. The maximum absolute atomic E-state index is 10.6. The normalized spacial score (nSPS) is 16.8. The van der Waals surface area contributed by atoms with Crippen LogP contribution in [-0.2, 0) is 24.4 Å². The van der Waals surface area contributed by atoms with E-state index in [1.807, 2.05) is 0 Å². The van der Waals surface area contributed by atoms with Crippen LogP contribution in [0.4, 0.5) is 13.2 Å². The number of rotatable bonds is 9. The minimum absolute atomic E-state index is 0.622. The highest BCUT2D eigenvalue weighted by Gasteiger charge is 2.38. The number of nitrogens with one attached hydrogen (secondary N) is 2. The number of halogens is 3. The third kappa shape index (κ3) is 10.3. The summed E-state index contributed by atoms with van der Waals surface area (Å²) in [4.78, 5) is 11.5. The van der Waals surface area contributed by atoms with E-state index in [0.717, 1.165) is 25.7 Å². The second-order valence-corrected chi connectivity index (χ2v) is 11.0. The summed E-state index contributed by atoms with van der Waals surface area (Å²) in [5, 5.41) is 14.6. The molecule has 5 rings (SSSR count). The smallest absolute Gasteiger partial charge is 0.475 e. The number of carbonyl (C=O) groups is 1. The highest BCUT2D eigenvalue weighted by atomic mass is 19.4. The Bertz CT molecular complexity index is 1190. The minimum atomic E-state index is -5.08. The van der Waals surface area contributed by atoms with Gasteiger partial charge < -0.3 is 15.7 Å². The van der Waals surface area contributed by atoms with Crippen molar-refractivity contribution < 1.29 is 23.1 Å². The molecule has 0 atom stereocenters. The average Bonchev–Trinajstić information content (AvgIpc) is 3.51. The fourth-order valence-corrected chi connectivity index (χ4v) is 5.42. The molecule has 1 saturated heterocycles. The van der Waals surface area contributed by atoms with Crippen LogP contribution in [-0.4, -0.2) is 47.3 Å². The minimum Gasteiger partial charge on any atom is -0.475 e. The van der Waals surface area contributed by atoms with Crippen LogP contribution in [0.5, 0.6) is 0 Å². The van der Waals surface area contributed by atoms with Gasteiger partial charge in [-0.05, 0) is 66.6 Å². The molecule has 0 aromatic heterocycles. The van der Waals surface area contributed by atoms with E-state index < -0.39 is 12.1 Å². The van der Waals surface area contributed by atoms with E-state index in [4.69, 9.17) is 9.90 Å². The molecule has 5 nitrogen and oxygen atoms in total. The van der Waals surface area contributed by atoms with Gasteiger partial charge in [0.2, 0.25) is 0 Å². The van der Waals surface area contributed by atoms with Gasteiger partial charge >= 0.3 is 12.1 Å². The lowest BCUT2D eigenvalue weighted by molar-refractivity contribution is -0.192. The molecule has 1 aliphatic carbocycles. The number of hydrogen-bond donors (Lipinski definition) is 3. The molecule has 41 heavy (non-hydrogen) atoms. The molecule has 0 radical (unpaired) electrons. The lowest BCUT2D eigenvalue weighted by atomic mass is 10.0. The quantitative estimate of drug-likeness (QED) is 0.266. The highest BCUT2D eigenvalue weighted by Crippen LogP contribution is 2.22. The summed E-state index contributed by atoms with van der Waals surface area (Å²) in [5.74, 6) is -2.76. The van der Waals surface area contributed by atoms with Crippen LogP contribution >= 0.6 is 0 Å². The van der Waals surface area contributed by atoms with Crippen molar-refractivity contribution >= 4 is 5.97 Å². The number of carboxylic acids is 1. The monoisotopic (exact) mass is 567 g/mol. The summed E-state index contributed by atoms with van der Waals surface area (Å²) in [6.45, 7) is 5.37. The van der Waals surface area contributed by atoms with Crippen molar-refractivity contribution in [1.29, 1.82) is 0 Å². The molecule has 0 spiro atoms. The van der Waals surface area contributed by atoms with Gasteiger partial charge in [0, 0.05) is 31.7 Å². The van der Waals surface area contributed by atoms with Crippen LogP contribution in [0.3, 0.4) is 0 Å². The van der Waals surface area contributed by atoms with Crippen molar-refractivity contribution in [2.24, 2.45) is 0 Å². The fraction of sp³-hybridized carbons (Fsp3) is 0.424. The Hall–Kier alpha value is -3.20. The molecule has 220 valence electrons. The van der Waals surface area contributed by atoms with Gasteiger partial charge in [0.15, 0.2) is 0 Å². The van der Waals surface area contributed by atoms with Gasteiger partial charge in [-0.1, -0.05) is 91.7 Å². The first-order valence-corrected chi connectivity index (χ1v) is 14.5. The molecular weight excluding hydrogens is 527 g/mol. The first kappa shape index (κ1) is 30.8. The number of piperidine rings is 1. The summed E-state index contributed by atoms with van der Waals surface area (Å²) in [5.41, 5.74) is 6.77. The second kappa shape index (κ2) is 15.1. The van der Waals surface area contributed by atoms with Crippen LogP contribution in [0.1, 0.15) is 55.2 Å². The largest absolute Gasteiger partial charge is 0.490 e. The van der Waals surface area contributed by atoms with Gasteiger partial charge in [0.05, 0.1) is 0 Å². The third-order valence-corrected chi connectivity index (χ3v) is 7.87. The summed E-state index contributed by atoms with van der Waals surface area (Å²) in [6.07, 6.45) is 2.82. The van der Waals surface area contributed by atoms with Gasteiger partial charge in [0.25, 0.3) is 0 Å². The first-order chi connectivity index (χ1) is 19.8. The Morgan fingerprint density at radius 3 is 1.59 bits per heavy atom. The SMILES string of the molecule is O=C(O)C(F)(F)F.c1ccc(CN2CCC(NCc3ccc(-c4ccc(CNC5CCCC5)cc4)cc3)CC2)cc1. The zero-order chi connectivity index (χ0) is 29.1. The van der Waals surface area contributed by atoms with Gasteiger partial charge in [-0.25, -0.2) is 4.79 Å². The number of hydrogen-bond acceptors (Lipinski definition) is 4. The van der Waals surface area contributed by atoms with E-state index in [1.54, 1.807) is 0 Å². The van der Waals surface area contributed by atoms with Gasteiger partial charge in [0.1, 0.15) is 0 Å². The molecular formula is C33H40F3N3O2. The van der Waals surface area contributed by atoms with E-state index in [1.165, 1.54) is 79.4 Å². The summed E-state index contributed by atoms with van der Waals surface area (Å²) in [6, 6.07) is 30.4. The van der Waals surface area contributed by atoms with Crippen LogP contribution in [0, 0.1) is 0 Å². The molecule has 3 N–H and O–H groups in total. The number of alkyl halides is 3. The van der Waals surface area contributed by atoms with E-state index >= 15 is 0 Å². The van der Waals surface area contributed by atoms with E-state index in [9.17, 15) is 13.2 Å². The van der Waals surface area contributed by atoms with E-state index in [-0.39, 0.29) is 0 Å².